The maximum Gasteiger partial charge on any atom is 0.309 e. The van der Waals surface area contributed by atoms with Crippen molar-refractivity contribution in [2.75, 3.05) is 13.2 Å². The van der Waals surface area contributed by atoms with E-state index < -0.39 is 0 Å². The maximum absolute atomic E-state index is 11.1. The molecule has 0 N–H and O–H groups in total. The van der Waals surface area contributed by atoms with Gasteiger partial charge >= 0.3 is 5.97 Å². The molecule has 62 valence electrons. The zero-order valence-electron chi connectivity index (χ0n) is 6.41. The van der Waals surface area contributed by atoms with Gasteiger partial charge in [-0.3, -0.25) is 4.79 Å². The van der Waals surface area contributed by atoms with Gasteiger partial charge in [0.15, 0.2) is 0 Å². The summed E-state index contributed by atoms with van der Waals surface area (Å²) in [6.07, 6.45) is 2.96. The van der Waals surface area contributed by atoms with E-state index in [0.29, 0.717) is 6.61 Å². The third-order valence-corrected chi connectivity index (χ3v) is 2.08. The summed E-state index contributed by atoms with van der Waals surface area (Å²) < 4.78 is 10.3. The van der Waals surface area contributed by atoms with Crippen LogP contribution in [-0.4, -0.2) is 25.3 Å². The van der Waals surface area contributed by atoms with Crippen LogP contribution in [0.5, 0.6) is 0 Å². The zero-order valence-corrected chi connectivity index (χ0v) is 6.41. The molecule has 2 aliphatic rings. The number of esters is 1. The van der Waals surface area contributed by atoms with Gasteiger partial charge in [0.2, 0.25) is 0 Å². The summed E-state index contributed by atoms with van der Waals surface area (Å²) in [5, 5.41) is 0. The Morgan fingerprint density at radius 2 is 2.18 bits per heavy atom. The summed E-state index contributed by atoms with van der Waals surface area (Å²) >= 11 is 0. The summed E-state index contributed by atoms with van der Waals surface area (Å²) in [5.74, 6) is 0.205. The molecule has 11 heavy (non-hydrogen) atoms. The fourth-order valence-electron chi connectivity index (χ4n) is 1.19. The van der Waals surface area contributed by atoms with E-state index in [2.05, 4.69) is 0 Å². The summed E-state index contributed by atoms with van der Waals surface area (Å²) in [7, 11) is 0. The first-order chi connectivity index (χ1) is 5.36. The van der Waals surface area contributed by atoms with E-state index >= 15 is 0 Å². The number of carbonyl (C=O) groups excluding carboxylic acids is 1. The molecule has 0 bridgehead atoms. The Kier molecular flexibility index (Phi) is 1.82. The quantitative estimate of drug-likeness (QED) is 0.553. The fraction of sp³-hybridized carbons (Fsp3) is 0.875. The van der Waals surface area contributed by atoms with Gasteiger partial charge in [0, 0.05) is 6.42 Å². The van der Waals surface area contributed by atoms with E-state index in [-0.39, 0.29) is 18.0 Å². The molecule has 1 unspecified atom stereocenters. The topological polar surface area (TPSA) is 35.5 Å². The first-order valence-electron chi connectivity index (χ1n) is 4.14. The molecule has 2 fully saturated rings. The van der Waals surface area contributed by atoms with Crippen molar-refractivity contribution in [3.05, 3.63) is 0 Å². The number of ether oxygens (including phenoxy) is 2. The molecule has 1 heterocycles. The predicted molar refractivity (Wildman–Crippen MR) is 38.0 cm³/mol. The van der Waals surface area contributed by atoms with Gasteiger partial charge in [-0.15, -0.1) is 0 Å². The van der Waals surface area contributed by atoms with E-state index in [4.69, 9.17) is 9.47 Å². The smallest absolute Gasteiger partial charge is 0.309 e. The molecule has 3 heteroatoms. The fourth-order valence-corrected chi connectivity index (χ4v) is 1.19. The van der Waals surface area contributed by atoms with Crippen molar-refractivity contribution in [2.45, 2.75) is 25.4 Å². The predicted octanol–water partition coefficient (Wildman–Crippen LogP) is 0.728. The van der Waals surface area contributed by atoms with E-state index in [0.717, 1.165) is 25.9 Å². The van der Waals surface area contributed by atoms with Gasteiger partial charge in [0.1, 0.15) is 6.10 Å². The van der Waals surface area contributed by atoms with Crippen molar-refractivity contribution in [1.82, 2.24) is 0 Å². The Morgan fingerprint density at radius 1 is 1.36 bits per heavy atom. The van der Waals surface area contributed by atoms with Crippen molar-refractivity contribution >= 4 is 5.97 Å². The molecule has 1 saturated carbocycles. The van der Waals surface area contributed by atoms with Crippen LogP contribution in [0.25, 0.3) is 0 Å². The van der Waals surface area contributed by atoms with Gasteiger partial charge in [0.05, 0.1) is 19.1 Å². The Hall–Kier alpha value is -0.570. The minimum Gasteiger partial charge on any atom is -0.460 e. The standard InChI is InChI=1S/C8H12O3/c9-8(6-1-2-6)11-7-3-4-10-5-7/h6-7H,1-5H2. The molecule has 0 amide bonds. The number of carbonyl (C=O) groups is 1. The first-order valence-corrected chi connectivity index (χ1v) is 4.14. The second-order valence-electron chi connectivity index (χ2n) is 3.20. The minimum atomic E-state index is -0.0134. The van der Waals surface area contributed by atoms with Crippen LogP contribution in [0, 0.1) is 5.92 Å². The minimum absolute atomic E-state index is 0.0134. The van der Waals surface area contributed by atoms with Gasteiger partial charge in [-0.1, -0.05) is 0 Å². The van der Waals surface area contributed by atoms with Crippen molar-refractivity contribution in [2.24, 2.45) is 5.92 Å². The molecular formula is C8H12O3. The molecular weight excluding hydrogens is 144 g/mol. The number of hydrogen-bond acceptors (Lipinski definition) is 3. The van der Waals surface area contributed by atoms with Crippen LogP contribution in [0.3, 0.4) is 0 Å². The van der Waals surface area contributed by atoms with Gasteiger partial charge in [-0.05, 0) is 12.8 Å². The third-order valence-electron chi connectivity index (χ3n) is 2.08. The highest BCUT2D eigenvalue weighted by atomic mass is 16.6. The first kappa shape index (κ1) is 7.10. The second kappa shape index (κ2) is 2.81. The molecule has 1 aliphatic heterocycles. The van der Waals surface area contributed by atoms with E-state index in [1.807, 2.05) is 0 Å². The third kappa shape index (κ3) is 1.71. The summed E-state index contributed by atoms with van der Waals surface area (Å²) in [6.45, 7) is 1.33. The molecule has 0 aromatic heterocycles. The molecule has 0 aromatic rings. The lowest BCUT2D eigenvalue weighted by Gasteiger charge is -2.08. The highest BCUT2D eigenvalue weighted by Crippen LogP contribution is 2.31. The van der Waals surface area contributed by atoms with Gasteiger partial charge in [-0.2, -0.15) is 0 Å². The van der Waals surface area contributed by atoms with Crippen LogP contribution in [-0.2, 0) is 14.3 Å². The maximum atomic E-state index is 11.1. The largest absolute Gasteiger partial charge is 0.460 e. The van der Waals surface area contributed by atoms with E-state index in [1.165, 1.54) is 0 Å². The van der Waals surface area contributed by atoms with E-state index in [9.17, 15) is 4.79 Å². The zero-order chi connectivity index (χ0) is 7.68. The van der Waals surface area contributed by atoms with Crippen molar-refractivity contribution < 1.29 is 14.3 Å². The Labute approximate surface area is 65.7 Å². The lowest BCUT2D eigenvalue weighted by molar-refractivity contribution is -0.150. The van der Waals surface area contributed by atoms with Crippen LogP contribution in [0.1, 0.15) is 19.3 Å². The molecule has 1 aliphatic carbocycles. The summed E-state index contributed by atoms with van der Waals surface area (Å²) in [6, 6.07) is 0. The van der Waals surface area contributed by atoms with Crippen molar-refractivity contribution in [3.8, 4) is 0 Å². The Balaban J connectivity index is 1.74. The molecule has 2 rings (SSSR count). The molecule has 0 spiro atoms. The second-order valence-corrected chi connectivity index (χ2v) is 3.20. The van der Waals surface area contributed by atoms with Crippen molar-refractivity contribution in [1.29, 1.82) is 0 Å². The summed E-state index contributed by atoms with van der Waals surface area (Å²) in [5.41, 5.74) is 0. The normalized spacial score (nSPS) is 30.4. The van der Waals surface area contributed by atoms with Gasteiger partial charge in [0.25, 0.3) is 0 Å². The molecule has 0 radical (unpaired) electrons. The van der Waals surface area contributed by atoms with Crippen LogP contribution >= 0.6 is 0 Å². The molecule has 1 saturated heterocycles. The number of rotatable bonds is 2. The van der Waals surface area contributed by atoms with Crippen LogP contribution in [0.15, 0.2) is 0 Å². The van der Waals surface area contributed by atoms with Crippen LogP contribution < -0.4 is 0 Å². The average molecular weight is 156 g/mol. The summed E-state index contributed by atoms with van der Waals surface area (Å²) in [4.78, 5) is 11.1. The Morgan fingerprint density at radius 3 is 2.73 bits per heavy atom. The SMILES string of the molecule is O=C(OC1CCOC1)C1CC1. The Bertz CT molecular complexity index is 157. The van der Waals surface area contributed by atoms with Crippen LogP contribution in [0.4, 0.5) is 0 Å². The average Bonchev–Trinajstić information content (AvgIpc) is 2.73. The highest BCUT2D eigenvalue weighted by molar-refractivity contribution is 5.75. The lowest BCUT2D eigenvalue weighted by atomic mass is 10.3. The molecule has 1 atom stereocenters. The molecule has 0 aromatic carbocycles. The number of hydrogen-bond donors (Lipinski definition) is 0. The molecule has 3 nitrogen and oxygen atoms in total. The lowest BCUT2D eigenvalue weighted by Crippen LogP contribution is -2.18. The van der Waals surface area contributed by atoms with Crippen LogP contribution in [0.2, 0.25) is 0 Å². The highest BCUT2D eigenvalue weighted by Gasteiger charge is 2.33. The van der Waals surface area contributed by atoms with Crippen molar-refractivity contribution in [3.63, 3.8) is 0 Å². The van der Waals surface area contributed by atoms with Gasteiger partial charge in [-0.25, -0.2) is 0 Å². The van der Waals surface area contributed by atoms with Gasteiger partial charge < -0.3 is 9.47 Å². The van der Waals surface area contributed by atoms with E-state index in [1.54, 1.807) is 0 Å². The monoisotopic (exact) mass is 156 g/mol.